The number of carbonyl (C=O) groups excluding carboxylic acids is 1. The summed E-state index contributed by atoms with van der Waals surface area (Å²) in [6, 6.07) is 3.61. The second-order valence-corrected chi connectivity index (χ2v) is 3.84. The molecule has 4 heteroatoms. The second kappa shape index (κ2) is 4.53. The van der Waals surface area contributed by atoms with E-state index in [2.05, 4.69) is 0 Å². The van der Waals surface area contributed by atoms with Gasteiger partial charge in [-0.05, 0) is 37.6 Å². The molecule has 1 aliphatic heterocycles. The summed E-state index contributed by atoms with van der Waals surface area (Å²) in [5.41, 5.74) is 7.01. The number of carbonyl (C=O) groups is 1. The molecule has 0 radical (unpaired) electrons. The van der Waals surface area contributed by atoms with Crippen LogP contribution in [0.15, 0.2) is 12.1 Å². The van der Waals surface area contributed by atoms with Crippen LogP contribution in [0.5, 0.6) is 11.5 Å². The lowest BCUT2D eigenvalue weighted by atomic mass is 10.0. The van der Waals surface area contributed by atoms with Crippen LogP contribution in [0.25, 0.3) is 0 Å². The zero-order valence-electron chi connectivity index (χ0n) is 9.29. The molecule has 0 amide bonds. The number of rotatable bonds is 4. The van der Waals surface area contributed by atoms with Crippen LogP contribution in [0.2, 0.25) is 0 Å². The van der Waals surface area contributed by atoms with E-state index in [0.29, 0.717) is 36.4 Å². The molecule has 2 rings (SSSR count). The monoisotopic (exact) mass is 221 g/mol. The molecule has 0 spiro atoms. The Hall–Kier alpha value is -1.55. The van der Waals surface area contributed by atoms with Gasteiger partial charge in [0.1, 0.15) is 0 Å². The average Bonchev–Trinajstić information content (AvgIpc) is 2.71. The lowest BCUT2D eigenvalue weighted by molar-refractivity contribution is 0.0979. The van der Waals surface area contributed by atoms with Gasteiger partial charge < -0.3 is 15.2 Å². The van der Waals surface area contributed by atoms with E-state index >= 15 is 0 Å². The first-order valence-corrected chi connectivity index (χ1v) is 5.36. The van der Waals surface area contributed by atoms with Crippen LogP contribution in [-0.4, -0.2) is 19.1 Å². The molecular formula is C12H15NO3. The van der Waals surface area contributed by atoms with Crippen LogP contribution >= 0.6 is 0 Å². The number of ether oxygens (including phenoxy) is 2. The highest BCUT2D eigenvalue weighted by atomic mass is 16.7. The van der Waals surface area contributed by atoms with E-state index in [-0.39, 0.29) is 12.6 Å². The Bertz CT molecular complexity index is 415. The lowest BCUT2D eigenvalue weighted by Gasteiger charge is -2.06. The summed E-state index contributed by atoms with van der Waals surface area (Å²) in [4.78, 5) is 11.9. The van der Waals surface area contributed by atoms with Crippen molar-refractivity contribution in [3.8, 4) is 11.5 Å². The summed E-state index contributed by atoms with van der Waals surface area (Å²) in [5, 5.41) is 0. The van der Waals surface area contributed by atoms with Gasteiger partial charge in [0.2, 0.25) is 6.79 Å². The topological polar surface area (TPSA) is 61.6 Å². The second-order valence-electron chi connectivity index (χ2n) is 3.84. The maximum atomic E-state index is 11.9. The maximum Gasteiger partial charge on any atom is 0.231 e. The molecular weight excluding hydrogens is 206 g/mol. The molecule has 1 heterocycles. The number of fused-ring (bicyclic) bond motifs is 1. The zero-order valence-corrected chi connectivity index (χ0v) is 9.29. The third kappa shape index (κ3) is 2.02. The number of aryl methyl sites for hydroxylation is 1. The summed E-state index contributed by atoms with van der Waals surface area (Å²) in [6.07, 6.45) is 1.20. The van der Waals surface area contributed by atoms with Gasteiger partial charge in [0.05, 0.1) is 0 Å². The summed E-state index contributed by atoms with van der Waals surface area (Å²) in [7, 11) is 0. The Balaban J connectivity index is 2.24. The zero-order chi connectivity index (χ0) is 11.5. The molecule has 0 atom stereocenters. The van der Waals surface area contributed by atoms with E-state index in [1.54, 1.807) is 6.07 Å². The number of nitrogens with two attached hydrogens (primary N) is 1. The van der Waals surface area contributed by atoms with Crippen LogP contribution in [0.4, 0.5) is 0 Å². The quantitative estimate of drug-likeness (QED) is 0.785. The van der Waals surface area contributed by atoms with Crippen molar-refractivity contribution < 1.29 is 14.3 Å². The number of hydrogen-bond donors (Lipinski definition) is 1. The fraction of sp³-hybridized carbons (Fsp3) is 0.417. The Morgan fingerprint density at radius 3 is 2.75 bits per heavy atom. The fourth-order valence-electron chi connectivity index (χ4n) is 1.74. The van der Waals surface area contributed by atoms with Gasteiger partial charge in [0, 0.05) is 12.0 Å². The Kier molecular flexibility index (Phi) is 3.10. The van der Waals surface area contributed by atoms with Gasteiger partial charge in [-0.1, -0.05) is 0 Å². The van der Waals surface area contributed by atoms with Gasteiger partial charge in [-0.2, -0.15) is 0 Å². The molecule has 0 aliphatic carbocycles. The van der Waals surface area contributed by atoms with Crippen molar-refractivity contribution in [3.05, 3.63) is 23.3 Å². The number of benzene rings is 1. The van der Waals surface area contributed by atoms with Crippen molar-refractivity contribution in [1.29, 1.82) is 0 Å². The van der Waals surface area contributed by atoms with Crippen molar-refractivity contribution >= 4 is 5.78 Å². The van der Waals surface area contributed by atoms with Crippen molar-refractivity contribution in [2.75, 3.05) is 13.3 Å². The van der Waals surface area contributed by atoms with Crippen LogP contribution < -0.4 is 15.2 Å². The van der Waals surface area contributed by atoms with Crippen LogP contribution in [0.1, 0.15) is 28.8 Å². The van der Waals surface area contributed by atoms with Gasteiger partial charge in [-0.25, -0.2) is 0 Å². The van der Waals surface area contributed by atoms with E-state index in [1.807, 2.05) is 13.0 Å². The highest BCUT2D eigenvalue weighted by Crippen LogP contribution is 2.34. The van der Waals surface area contributed by atoms with E-state index in [4.69, 9.17) is 15.2 Å². The lowest BCUT2D eigenvalue weighted by Crippen LogP contribution is -2.06. The third-order valence-corrected chi connectivity index (χ3v) is 2.63. The van der Waals surface area contributed by atoms with Crippen LogP contribution in [0, 0.1) is 6.92 Å². The normalized spacial score (nSPS) is 12.9. The Labute approximate surface area is 94.3 Å². The van der Waals surface area contributed by atoms with E-state index in [1.165, 1.54) is 0 Å². The Morgan fingerprint density at radius 1 is 1.38 bits per heavy atom. The SMILES string of the molecule is Cc1cc2c(cc1C(=O)CCCN)OCO2. The first-order chi connectivity index (χ1) is 7.72. The summed E-state index contributed by atoms with van der Waals surface area (Å²) in [6.45, 7) is 2.67. The molecule has 1 aliphatic rings. The molecule has 1 aromatic rings. The van der Waals surface area contributed by atoms with Crippen molar-refractivity contribution in [1.82, 2.24) is 0 Å². The molecule has 4 nitrogen and oxygen atoms in total. The van der Waals surface area contributed by atoms with Crippen molar-refractivity contribution in [2.24, 2.45) is 5.73 Å². The molecule has 0 unspecified atom stereocenters. The number of hydrogen-bond acceptors (Lipinski definition) is 4. The fourth-order valence-corrected chi connectivity index (χ4v) is 1.74. The van der Waals surface area contributed by atoms with Gasteiger partial charge >= 0.3 is 0 Å². The van der Waals surface area contributed by atoms with Gasteiger partial charge in [-0.15, -0.1) is 0 Å². The smallest absolute Gasteiger partial charge is 0.231 e. The molecule has 0 saturated carbocycles. The van der Waals surface area contributed by atoms with Crippen molar-refractivity contribution in [2.45, 2.75) is 19.8 Å². The molecule has 0 aromatic heterocycles. The summed E-state index contributed by atoms with van der Waals surface area (Å²) >= 11 is 0. The molecule has 0 saturated heterocycles. The van der Waals surface area contributed by atoms with Gasteiger partial charge in [0.15, 0.2) is 17.3 Å². The number of ketones is 1. The maximum absolute atomic E-state index is 11.9. The largest absolute Gasteiger partial charge is 0.454 e. The first-order valence-electron chi connectivity index (χ1n) is 5.36. The van der Waals surface area contributed by atoms with Crippen molar-refractivity contribution in [3.63, 3.8) is 0 Å². The minimum absolute atomic E-state index is 0.112. The summed E-state index contributed by atoms with van der Waals surface area (Å²) < 4.78 is 10.5. The van der Waals surface area contributed by atoms with E-state index in [0.717, 1.165) is 5.56 Å². The predicted octanol–water partition coefficient (Wildman–Crippen LogP) is 1.65. The minimum atomic E-state index is 0.112. The summed E-state index contributed by atoms with van der Waals surface area (Å²) in [5.74, 6) is 1.48. The molecule has 16 heavy (non-hydrogen) atoms. The molecule has 0 bridgehead atoms. The highest BCUT2D eigenvalue weighted by molar-refractivity contribution is 5.98. The first kappa shape index (κ1) is 11.0. The third-order valence-electron chi connectivity index (χ3n) is 2.63. The number of Topliss-reactive ketones (excluding diaryl/α,β-unsaturated/α-hetero) is 1. The minimum Gasteiger partial charge on any atom is -0.454 e. The predicted molar refractivity (Wildman–Crippen MR) is 59.9 cm³/mol. The standard InChI is InChI=1S/C12H15NO3/c1-8-5-11-12(16-7-15-11)6-9(8)10(14)3-2-4-13/h5-6H,2-4,7,13H2,1H3. The van der Waals surface area contributed by atoms with Crippen LogP contribution in [-0.2, 0) is 0 Å². The molecule has 2 N–H and O–H groups in total. The molecule has 0 fully saturated rings. The molecule has 1 aromatic carbocycles. The van der Waals surface area contributed by atoms with Crippen LogP contribution in [0.3, 0.4) is 0 Å². The van der Waals surface area contributed by atoms with Gasteiger partial charge in [0.25, 0.3) is 0 Å². The van der Waals surface area contributed by atoms with E-state index < -0.39 is 0 Å². The Morgan fingerprint density at radius 2 is 2.06 bits per heavy atom. The molecule has 86 valence electrons. The highest BCUT2D eigenvalue weighted by Gasteiger charge is 2.18. The van der Waals surface area contributed by atoms with Gasteiger partial charge in [-0.3, -0.25) is 4.79 Å². The van der Waals surface area contributed by atoms with E-state index in [9.17, 15) is 4.79 Å². The average molecular weight is 221 g/mol.